The molecule has 9 nitrogen and oxygen atoms in total. The summed E-state index contributed by atoms with van der Waals surface area (Å²) >= 11 is 0. The molecule has 0 spiro atoms. The van der Waals surface area contributed by atoms with Gasteiger partial charge in [-0.15, -0.1) is 0 Å². The normalized spacial score (nSPS) is 13.8. The van der Waals surface area contributed by atoms with Crippen LogP contribution >= 0.6 is 0 Å². The summed E-state index contributed by atoms with van der Waals surface area (Å²) in [7, 11) is -2.39. The number of aryl methyl sites for hydroxylation is 2. The van der Waals surface area contributed by atoms with Crippen molar-refractivity contribution in [3.8, 4) is 16.9 Å². The Balaban J connectivity index is 1.79. The number of ether oxygens (including phenoxy) is 1. The van der Waals surface area contributed by atoms with Gasteiger partial charge in [0.25, 0.3) is 10.0 Å². The Kier molecular flexibility index (Phi) is 5.94. The molecule has 0 saturated heterocycles. The number of hydrogen-bond donors (Lipinski definition) is 2. The quantitative estimate of drug-likeness (QED) is 0.570. The highest BCUT2D eigenvalue weighted by molar-refractivity contribution is 7.92. The van der Waals surface area contributed by atoms with Gasteiger partial charge in [-0.3, -0.25) is 14.3 Å². The molecule has 1 amide bonds. The fourth-order valence-corrected chi connectivity index (χ4v) is 5.08. The molecule has 10 heteroatoms. The number of amides is 1. The maximum atomic E-state index is 13.2. The van der Waals surface area contributed by atoms with Gasteiger partial charge < -0.3 is 10.1 Å². The first-order chi connectivity index (χ1) is 15.7. The first kappa shape index (κ1) is 22.5. The second kappa shape index (κ2) is 8.70. The molecule has 0 saturated carbocycles. The number of anilines is 2. The smallest absolute Gasteiger partial charge is 0.262 e. The predicted octanol–water partition coefficient (Wildman–Crippen LogP) is 3.60. The summed E-state index contributed by atoms with van der Waals surface area (Å²) in [6, 6.07) is 11.6. The van der Waals surface area contributed by atoms with E-state index < -0.39 is 10.0 Å². The third kappa shape index (κ3) is 4.34. The van der Waals surface area contributed by atoms with Crippen LogP contribution < -0.4 is 14.8 Å². The van der Waals surface area contributed by atoms with Gasteiger partial charge in [-0.25, -0.2) is 8.42 Å². The predicted molar refractivity (Wildman–Crippen MR) is 124 cm³/mol. The fourth-order valence-electron chi connectivity index (χ4n) is 3.75. The minimum atomic E-state index is -3.92. The van der Waals surface area contributed by atoms with Crippen molar-refractivity contribution in [2.24, 2.45) is 0 Å². The van der Waals surface area contributed by atoms with Gasteiger partial charge in [-0.05, 0) is 54.8 Å². The maximum absolute atomic E-state index is 13.2. The second-order valence-electron chi connectivity index (χ2n) is 7.69. The van der Waals surface area contributed by atoms with E-state index in [9.17, 15) is 18.0 Å². The lowest BCUT2D eigenvalue weighted by atomic mass is 10.0. The minimum Gasteiger partial charge on any atom is -0.497 e. The van der Waals surface area contributed by atoms with Gasteiger partial charge in [0.15, 0.2) is 0 Å². The van der Waals surface area contributed by atoms with Crippen LogP contribution in [-0.2, 0) is 21.2 Å². The Hall–Kier alpha value is -3.66. The van der Waals surface area contributed by atoms with E-state index in [1.54, 1.807) is 49.4 Å². The molecule has 2 heterocycles. The molecule has 172 valence electrons. The SMILES string of the molecule is CCc1nn2c(c1-c1ccc(C)c(S(=O)(=O)Nc3ccc(OC)cc3)c1)NC(=O)CCC2=O. The Morgan fingerprint density at radius 2 is 1.85 bits per heavy atom. The standard InChI is InChI=1S/C23H24N4O5S/c1-4-18-22(23-24-20(28)11-12-21(29)27(23)25-18)15-6-5-14(2)19(13-15)33(30,31)26-16-7-9-17(32-3)10-8-16/h5-10,13,26H,4,11-12H2,1-3H3,(H,24,28). The van der Waals surface area contributed by atoms with Crippen molar-refractivity contribution in [2.45, 2.75) is 38.0 Å². The Morgan fingerprint density at radius 3 is 2.52 bits per heavy atom. The van der Waals surface area contributed by atoms with Gasteiger partial charge in [0.1, 0.15) is 11.6 Å². The molecular formula is C23H24N4O5S. The van der Waals surface area contributed by atoms with E-state index in [0.29, 0.717) is 40.2 Å². The van der Waals surface area contributed by atoms with E-state index in [1.165, 1.54) is 11.8 Å². The molecule has 0 fully saturated rings. The molecule has 2 aromatic carbocycles. The number of nitrogens with one attached hydrogen (secondary N) is 2. The van der Waals surface area contributed by atoms with Gasteiger partial charge in [0.05, 0.1) is 17.7 Å². The number of carbonyl (C=O) groups is 2. The average molecular weight is 469 g/mol. The van der Waals surface area contributed by atoms with E-state index in [-0.39, 0.29) is 35.4 Å². The molecule has 4 rings (SSSR count). The molecule has 1 aliphatic heterocycles. The largest absolute Gasteiger partial charge is 0.497 e. The average Bonchev–Trinajstić information content (AvgIpc) is 3.09. The van der Waals surface area contributed by atoms with Gasteiger partial charge in [0, 0.05) is 24.1 Å². The van der Waals surface area contributed by atoms with E-state index in [4.69, 9.17) is 4.74 Å². The first-order valence-corrected chi connectivity index (χ1v) is 11.9. The Labute approximate surface area is 191 Å². The van der Waals surface area contributed by atoms with E-state index in [2.05, 4.69) is 15.1 Å². The van der Waals surface area contributed by atoms with Crippen molar-refractivity contribution in [3.63, 3.8) is 0 Å². The minimum absolute atomic E-state index is 0.0580. The third-order valence-corrected chi connectivity index (χ3v) is 6.98. The summed E-state index contributed by atoms with van der Waals surface area (Å²) < 4.78 is 35.3. The van der Waals surface area contributed by atoms with Crippen LogP contribution in [0.25, 0.3) is 11.1 Å². The summed E-state index contributed by atoms with van der Waals surface area (Å²) in [5, 5.41) is 7.16. The number of hydrogen-bond acceptors (Lipinski definition) is 6. The number of sulfonamides is 1. The van der Waals surface area contributed by atoms with Crippen molar-refractivity contribution >= 4 is 33.3 Å². The van der Waals surface area contributed by atoms with Crippen molar-refractivity contribution in [3.05, 3.63) is 53.7 Å². The van der Waals surface area contributed by atoms with Crippen LogP contribution in [0.3, 0.4) is 0 Å². The Morgan fingerprint density at radius 1 is 1.12 bits per heavy atom. The van der Waals surface area contributed by atoms with E-state index in [0.717, 1.165) is 0 Å². The van der Waals surface area contributed by atoms with E-state index >= 15 is 0 Å². The highest BCUT2D eigenvalue weighted by Crippen LogP contribution is 2.36. The van der Waals surface area contributed by atoms with Gasteiger partial charge >= 0.3 is 0 Å². The van der Waals surface area contributed by atoms with Crippen LogP contribution in [0.1, 0.15) is 35.8 Å². The molecule has 33 heavy (non-hydrogen) atoms. The number of carbonyl (C=O) groups excluding carboxylic acids is 2. The molecule has 0 radical (unpaired) electrons. The van der Waals surface area contributed by atoms with Crippen LogP contribution in [-0.4, -0.2) is 37.1 Å². The molecule has 0 unspecified atom stereocenters. The van der Waals surface area contributed by atoms with Crippen LogP contribution in [0.5, 0.6) is 5.75 Å². The van der Waals surface area contributed by atoms with Gasteiger partial charge in [-0.1, -0.05) is 19.1 Å². The zero-order valence-electron chi connectivity index (χ0n) is 18.5. The highest BCUT2D eigenvalue weighted by Gasteiger charge is 2.28. The van der Waals surface area contributed by atoms with Gasteiger partial charge in [0.2, 0.25) is 11.8 Å². The van der Waals surface area contributed by atoms with Crippen LogP contribution in [0, 0.1) is 6.92 Å². The number of benzene rings is 2. The zero-order valence-corrected chi connectivity index (χ0v) is 19.3. The van der Waals surface area contributed by atoms with E-state index in [1.807, 2.05) is 6.92 Å². The molecule has 1 aromatic heterocycles. The number of rotatable bonds is 6. The summed E-state index contributed by atoms with van der Waals surface area (Å²) in [5.41, 5.74) is 2.63. The van der Waals surface area contributed by atoms with Crippen LogP contribution in [0.2, 0.25) is 0 Å². The lowest BCUT2D eigenvalue weighted by Gasteiger charge is -2.13. The Bertz CT molecular complexity index is 1340. The summed E-state index contributed by atoms with van der Waals surface area (Å²) in [6.07, 6.45) is 0.628. The number of methoxy groups -OCH3 is 1. The van der Waals surface area contributed by atoms with Crippen molar-refractivity contribution in [2.75, 3.05) is 17.1 Å². The zero-order chi connectivity index (χ0) is 23.8. The first-order valence-electron chi connectivity index (χ1n) is 10.5. The molecule has 2 N–H and O–H groups in total. The highest BCUT2D eigenvalue weighted by atomic mass is 32.2. The topological polar surface area (TPSA) is 119 Å². The number of fused-ring (bicyclic) bond motifs is 1. The van der Waals surface area contributed by atoms with Crippen molar-refractivity contribution in [1.29, 1.82) is 0 Å². The van der Waals surface area contributed by atoms with Crippen molar-refractivity contribution in [1.82, 2.24) is 9.78 Å². The summed E-state index contributed by atoms with van der Waals surface area (Å²) in [6.45, 7) is 3.59. The summed E-state index contributed by atoms with van der Waals surface area (Å²) in [5.74, 6) is 0.314. The lowest BCUT2D eigenvalue weighted by Crippen LogP contribution is -2.15. The van der Waals surface area contributed by atoms with Crippen LogP contribution in [0.4, 0.5) is 11.5 Å². The van der Waals surface area contributed by atoms with Gasteiger partial charge in [-0.2, -0.15) is 9.78 Å². The number of nitrogens with zero attached hydrogens (tertiary/aromatic N) is 2. The lowest BCUT2D eigenvalue weighted by molar-refractivity contribution is -0.116. The summed E-state index contributed by atoms with van der Waals surface area (Å²) in [4.78, 5) is 24.8. The van der Waals surface area contributed by atoms with Crippen LogP contribution in [0.15, 0.2) is 47.4 Å². The third-order valence-electron chi connectivity index (χ3n) is 5.46. The molecule has 0 aliphatic carbocycles. The molecule has 0 atom stereocenters. The fraction of sp³-hybridized carbons (Fsp3) is 0.261. The maximum Gasteiger partial charge on any atom is 0.262 e. The molecule has 0 bridgehead atoms. The molecule has 1 aliphatic rings. The molecular weight excluding hydrogens is 444 g/mol. The molecule has 3 aromatic rings. The second-order valence-corrected chi connectivity index (χ2v) is 9.34. The number of aromatic nitrogens is 2. The monoisotopic (exact) mass is 468 g/mol. The van der Waals surface area contributed by atoms with Crippen molar-refractivity contribution < 1.29 is 22.7 Å².